The number of pyridine rings is 1. The van der Waals surface area contributed by atoms with E-state index in [9.17, 15) is 4.79 Å². The molecule has 0 unspecified atom stereocenters. The van der Waals surface area contributed by atoms with Gasteiger partial charge < -0.3 is 15.8 Å². The summed E-state index contributed by atoms with van der Waals surface area (Å²) in [5.41, 5.74) is 6.01. The van der Waals surface area contributed by atoms with Gasteiger partial charge in [-0.1, -0.05) is 0 Å². The number of rotatable bonds is 4. The average Bonchev–Trinajstić information content (AvgIpc) is 3.01. The highest BCUT2D eigenvalue weighted by Crippen LogP contribution is 2.28. The van der Waals surface area contributed by atoms with Gasteiger partial charge in [-0.2, -0.15) is 0 Å². The molecule has 0 spiro atoms. The summed E-state index contributed by atoms with van der Waals surface area (Å²) in [6, 6.07) is 1.74. The molecule has 5 heteroatoms. The molecule has 0 aliphatic heterocycles. The van der Waals surface area contributed by atoms with Gasteiger partial charge in [0.1, 0.15) is 5.75 Å². The predicted molar refractivity (Wildman–Crippen MR) is 56.0 cm³/mol. The number of carbonyl (C=O) groups is 1. The molecule has 80 valence electrons. The molecule has 1 aromatic rings. The summed E-state index contributed by atoms with van der Waals surface area (Å²) < 4.78 is 5.55. The zero-order chi connectivity index (χ0) is 10.8. The Bertz CT molecular complexity index is 388. The molecule has 5 nitrogen and oxygen atoms in total. The van der Waals surface area contributed by atoms with Gasteiger partial charge in [-0.25, -0.2) is 4.98 Å². The van der Waals surface area contributed by atoms with Crippen LogP contribution >= 0.6 is 0 Å². The van der Waals surface area contributed by atoms with Gasteiger partial charge in [0, 0.05) is 13.1 Å². The Morgan fingerprint density at radius 3 is 2.93 bits per heavy atom. The fraction of sp³-hybridized carbons (Fsp3) is 0.400. The van der Waals surface area contributed by atoms with Crippen LogP contribution in [0, 0.1) is 0 Å². The number of ether oxygens (including phenoxy) is 1. The monoisotopic (exact) mass is 207 g/mol. The molecule has 3 N–H and O–H groups in total. The Labute approximate surface area is 87.6 Å². The second kappa shape index (κ2) is 3.76. The smallest absolute Gasteiger partial charge is 0.269 e. The van der Waals surface area contributed by atoms with Crippen LogP contribution in [-0.4, -0.2) is 24.0 Å². The van der Waals surface area contributed by atoms with Crippen molar-refractivity contribution in [3.63, 3.8) is 0 Å². The highest BCUT2D eigenvalue weighted by atomic mass is 16.5. The summed E-state index contributed by atoms with van der Waals surface area (Å²) >= 11 is 0. The van der Waals surface area contributed by atoms with Crippen LogP contribution in [-0.2, 0) is 0 Å². The highest BCUT2D eigenvalue weighted by Gasteiger charge is 2.24. The lowest BCUT2D eigenvalue weighted by Crippen LogP contribution is -2.15. The maximum atomic E-state index is 11.0. The van der Waals surface area contributed by atoms with Crippen molar-refractivity contribution in [1.29, 1.82) is 0 Å². The summed E-state index contributed by atoms with van der Waals surface area (Å²) in [7, 11) is 1.71. The molecule has 1 aromatic heterocycles. The third kappa shape index (κ3) is 2.18. The maximum Gasteiger partial charge on any atom is 0.269 e. The number of hydrogen-bond acceptors (Lipinski definition) is 4. The number of amides is 1. The van der Waals surface area contributed by atoms with E-state index in [0.29, 0.717) is 17.5 Å². The minimum absolute atomic E-state index is 0.237. The van der Waals surface area contributed by atoms with Crippen molar-refractivity contribution < 1.29 is 9.53 Å². The number of primary amides is 1. The van der Waals surface area contributed by atoms with Crippen molar-refractivity contribution in [2.75, 3.05) is 12.4 Å². The van der Waals surface area contributed by atoms with Crippen molar-refractivity contribution in [3.05, 3.63) is 18.0 Å². The molecule has 1 aliphatic carbocycles. The number of hydrogen-bond donors (Lipinski definition) is 2. The van der Waals surface area contributed by atoms with Crippen molar-refractivity contribution in [1.82, 2.24) is 4.98 Å². The van der Waals surface area contributed by atoms with Gasteiger partial charge in [0.2, 0.25) is 0 Å². The lowest BCUT2D eigenvalue weighted by atomic mass is 10.2. The Morgan fingerprint density at radius 1 is 1.67 bits per heavy atom. The van der Waals surface area contributed by atoms with E-state index < -0.39 is 5.91 Å². The minimum Gasteiger partial charge on any atom is -0.489 e. The summed E-state index contributed by atoms with van der Waals surface area (Å²) in [6.45, 7) is 0. The van der Waals surface area contributed by atoms with Crippen molar-refractivity contribution in [2.45, 2.75) is 18.9 Å². The van der Waals surface area contributed by atoms with Crippen LogP contribution in [0.4, 0.5) is 5.69 Å². The molecule has 15 heavy (non-hydrogen) atoms. The van der Waals surface area contributed by atoms with Gasteiger partial charge in [-0.3, -0.25) is 4.79 Å². The van der Waals surface area contributed by atoms with Crippen LogP contribution in [0.25, 0.3) is 0 Å². The summed E-state index contributed by atoms with van der Waals surface area (Å²) in [5.74, 6) is 0.129. The quantitative estimate of drug-likeness (QED) is 0.764. The maximum absolute atomic E-state index is 11.0. The topological polar surface area (TPSA) is 77.2 Å². The van der Waals surface area contributed by atoms with Crippen LogP contribution in [0.1, 0.15) is 23.3 Å². The SMILES string of the molecule is CNc1cc(OC2CC2)cnc1C(N)=O. The van der Waals surface area contributed by atoms with Crippen molar-refractivity contribution >= 4 is 11.6 Å². The van der Waals surface area contributed by atoms with E-state index in [1.54, 1.807) is 13.1 Å². The van der Waals surface area contributed by atoms with E-state index in [1.807, 2.05) is 0 Å². The van der Waals surface area contributed by atoms with E-state index in [2.05, 4.69) is 10.3 Å². The third-order valence-electron chi connectivity index (χ3n) is 2.19. The zero-order valence-corrected chi connectivity index (χ0v) is 8.49. The molecule has 1 amide bonds. The first-order valence-corrected chi connectivity index (χ1v) is 4.85. The molecule has 2 rings (SSSR count). The summed E-state index contributed by atoms with van der Waals surface area (Å²) in [4.78, 5) is 15.0. The zero-order valence-electron chi connectivity index (χ0n) is 8.49. The number of carbonyl (C=O) groups excluding carboxylic acids is 1. The van der Waals surface area contributed by atoms with E-state index in [0.717, 1.165) is 12.8 Å². The number of nitrogens with one attached hydrogen (secondary N) is 1. The molecule has 1 heterocycles. The van der Waals surface area contributed by atoms with E-state index in [1.165, 1.54) is 6.20 Å². The number of nitrogens with zero attached hydrogens (tertiary/aromatic N) is 1. The second-order valence-corrected chi connectivity index (χ2v) is 3.50. The molecule has 0 atom stereocenters. The highest BCUT2D eigenvalue weighted by molar-refractivity contribution is 5.96. The lowest BCUT2D eigenvalue weighted by Gasteiger charge is -2.08. The van der Waals surface area contributed by atoms with Gasteiger partial charge in [0.25, 0.3) is 5.91 Å². The van der Waals surface area contributed by atoms with Crippen molar-refractivity contribution in [2.24, 2.45) is 5.73 Å². The van der Waals surface area contributed by atoms with Gasteiger partial charge >= 0.3 is 0 Å². The molecule has 0 radical (unpaired) electrons. The number of aromatic nitrogens is 1. The van der Waals surface area contributed by atoms with Crippen LogP contribution in [0.2, 0.25) is 0 Å². The van der Waals surface area contributed by atoms with E-state index >= 15 is 0 Å². The Hall–Kier alpha value is -1.78. The van der Waals surface area contributed by atoms with Gasteiger partial charge in [-0.05, 0) is 12.8 Å². The minimum atomic E-state index is -0.544. The standard InChI is InChI=1S/C10H13N3O2/c1-12-8-4-7(15-6-2-3-6)5-13-9(8)10(11)14/h4-6,12H,2-3H2,1H3,(H2,11,14). The van der Waals surface area contributed by atoms with Gasteiger partial charge in [-0.15, -0.1) is 0 Å². The summed E-state index contributed by atoms with van der Waals surface area (Å²) in [6.07, 6.45) is 4.02. The first-order chi connectivity index (χ1) is 7.20. The molecule has 1 aliphatic rings. The molecule has 0 saturated heterocycles. The number of nitrogens with two attached hydrogens (primary N) is 1. The molecule has 1 saturated carbocycles. The average molecular weight is 207 g/mol. The lowest BCUT2D eigenvalue weighted by molar-refractivity contribution is 0.0996. The fourth-order valence-corrected chi connectivity index (χ4v) is 1.28. The molecule has 0 bridgehead atoms. The Morgan fingerprint density at radius 2 is 2.40 bits per heavy atom. The van der Waals surface area contributed by atoms with Gasteiger partial charge in [0.05, 0.1) is 18.0 Å². The fourth-order valence-electron chi connectivity index (χ4n) is 1.28. The van der Waals surface area contributed by atoms with Gasteiger partial charge in [0.15, 0.2) is 5.69 Å². The normalized spacial score (nSPS) is 14.7. The Balaban J connectivity index is 2.24. The largest absolute Gasteiger partial charge is 0.489 e. The molecule has 0 aromatic carbocycles. The second-order valence-electron chi connectivity index (χ2n) is 3.50. The first kappa shape index (κ1) is 9.76. The summed E-state index contributed by atoms with van der Waals surface area (Å²) in [5, 5.41) is 2.87. The molecule has 1 fully saturated rings. The van der Waals surface area contributed by atoms with E-state index in [-0.39, 0.29) is 5.69 Å². The van der Waals surface area contributed by atoms with E-state index in [4.69, 9.17) is 10.5 Å². The van der Waals surface area contributed by atoms with Crippen LogP contribution in [0.3, 0.4) is 0 Å². The molecular formula is C10H13N3O2. The van der Waals surface area contributed by atoms with Crippen LogP contribution in [0.5, 0.6) is 5.75 Å². The first-order valence-electron chi connectivity index (χ1n) is 4.85. The molecular weight excluding hydrogens is 194 g/mol. The van der Waals surface area contributed by atoms with Crippen LogP contribution < -0.4 is 15.8 Å². The van der Waals surface area contributed by atoms with Crippen LogP contribution in [0.15, 0.2) is 12.3 Å². The van der Waals surface area contributed by atoms with Crippen molar-refractivity contribution in [3.8, 4) is 5.75 Å². The Kier molecular flexibility index (Phi) is 2.45. The predicted octanol–water partition coefficient (Wildman–Crippen LogP) is 0.763. The third-order valence-corrected chi connectivity index (χ3v) is 2.19. The number of anilines is 1.